The van der Waals surface area contributed by atoms with Gasteiger partial charge in [0.15, 0.2) is 0 Å². The van der Waals surface area contributed by atoms with Gasteiger partial charge in [-0.3, -0.25) is 0 Å². The van der Waals surface area contributed by atoms with E-state index in [0.29, 0.717) is 0 Å². The van der Waals surface area contributed by atoms with Gasteiger partial charge in [0.25, 0.3) is 0 Å². The van der Waals surface area contributed by atoms with E-state index in [0.717, 1.165) is 24.9 Å². The zero-order valence-corrected chi connectivity index (χ0v) is 10.4. The normalized spacial score (nSPS) is 18.5. The number of carboxylic acids is 1. The van der Waals surface area contributed by atoms with Crippen molar-refractivity contribution in [3.63, 3.8) is 0 Å². The molecule has 0 saturated heterocycles. The van der Waals surface area contributed by atoms with Crippen molar-refractivity contribution in [2.45, 2.75) is 38.6 Å². The first kappa shape index (κ1) is 12.0. The summed E-state index contributed by atoms with van der Waals surface area (Å²) in [5, 5.41) is 12.5. The molecule has 0 radical (unpaired) electrons. The third-order valence-electron chi connectivity index (χ3n) is 3.60. The van der Waals surface area contributed by atoms with Gasteiger partial charge >= 0.3 is 5.97 Å². The first-order chi connectivity index (χ1) is 8.06. The minimum absolute atomic E-state index is 0.255. The minimum Gasteiger partial charge on any atom is -0.480 e. The van der Waals surface area contributed by atoms with Crippen LogP contribution in [0.15, 0.2) is 24.3 Å². The van der Waals surface area contributed by atoms with Crippen LogP contribution in [0.1, 0.15) is 32.3 Å². The smallest absolute Gasteiger partial charge is 0.329 e. The van der Waals surface area contributed by atoms with Gasteiger partial charge in [0.2, 0.25) is 0 Å². The third kappa shape index (κ3) is 2.43. The Morgan fingerprint density at radius 3 is 2.41 bits per heavy atom. The molecule has 1 aliphatic carbocycles. The zero-order chi connectivity index (χ0) is 12.5. The van der Waals surface area contributed by atoms with E-state index in [2.05, 4.69) is 12.2 Å². The summed E-state index contributed by atoms with van der Waals surface area (Å²) in [7, 11) is 0. The van der Waals surface area contributed by atoms with Crippen molar-refractivity contribution in [2.75, 3.05) is 5.32 Å². The maximum Gasteiger partial charge on any atom is 0.329 e. The second-order valence-corrected chi connectivity index (χ2v) is 4.96. The van der Waals surface area contributed by atoms with Gasteiger partial charge in [0.05, 0.1) is 0 Å². The Balaban J connectivity index is 2.14. The van der Waals surface area contributed by atoms with E-state index in [-0.39, 0.29) is 5.92 Å². The number of carbonyl (C=O) groups is 1. The number of nitrogens with one attached hydrogen (secondary N) is 1. The molecule has 1 aliphatic rings. The molecule has 0 spiro atoms. The molecule has 1 unspecified atom stereocenters. The highest BCUT2D eigenvalue weighted by Gasteiger charge is 2.47. The fourth-order valence-corrected chi connectivity index (χ4v) is 2.11. The Labute approximate surface area is 102 Å². The van der Waals surface area contributed by atoms with Gasteiger partial charge in [-0.15, -0.1) is 0 Å². The summed E-state index contributed by atoms with van der Waals surface area (Å²) in [6, 6.07) is 8.00. The average Bonchev–Trinajstić information content (AvgIpc) is 3.13. The van der Waals surface area contributed by atoms with Gasteiger partial charge < -0.3 is 10.4 Å². The standard InChI is InChI=1S/C14H19NO2/c1-3-10-4-8-12(9-5-10)15-14(2,13(16)17)11-6-7-11/h4-5,8-9,11,15H,3,6-7H2,1-2H3,(H,16,17). The van der Waals surface area contributed by atoms with Crippen molar-refractivity contribution < 1.29 is 9.90 Å². The van der Waals surface area contributed by atoms with Gasteiger partial charge in [0.1, 0.15) is 5.54 Å². The van der Waals surface area contributed by atoms with Gasteiger partial charge in [0, 0.05) is 5.69 Å². The zero-order valence-electron chi connectivity index (χ0n) is 10.4. The highest BCUT2D eigenvalue weighted by atomic mass is 16.4. The molecule has 17 heavy (non-hydrogen) atoms. The summed E-state index contributed by atoms with van der Waals surface area (Å²) in [4.78, 5) is 11.4. The summed E-state index contributed by atoms with van der Waals surface area (Å²) >= 11 is 0. The minimum atomic E-state index is -0.826. The molecule has 1 aromatic carbocycles. The molecule has 1 aromatic rings. The Morgan fingerprint density at radius 2 is 2.00 bits per heavy atom. The van der Waals surface area contributed by atoms with Crippen LogP contribution >= 0.6 is 0 Å². The highest BCUT2D eigenvalue weighted by molar-refractivity contribution is 5.83. The highest BCUT2D eigenvalue weighted by Crippen LogP contribution is 2.41. The topological polar surface area (TPSA) is 49.3 Å². The van der Waals surface area contributed by atoms with E-state index in [1.54, 1.807) is 6.92 Å². The molecule has 0 heterocycles. The Bertz CT molecular complexity index is 409. The number of rotatable bonds is 5. The van der Waals surface area contributed by atoms with Crippen molar-refractivity contribution in [1.29, 1.82) is 0 Å². The van der Waals surface area contributed by atoms with Crippen molar-refractivity contribution in [3.8, 4) is 0 Å². The SMILES string of the molecule is CCc1ccc(NC(C)(C(=O)O)C2CC2)cc1. The monoisotopic (exact) mass is 233 g/mol. The first-order valence-electron chi connectivity index (χ1n) is 6.16. The number of anilines is 1. The van der Waals surface area contributed by atoms with Crippen molar-refractivity contribution in [3.05, 3.63) is 29.8 Å². The van der Waals surface area contributed by atoms with Gasteiger partial charge in [-0.2, -0.15) is 0 Å². The predicted molar refractivity (Wildman–Crippen MR) is 68.2 cm³/mol. The molecule has 2 rings (SSSR count). The Kier molecular flexibility index (Phi) is 3.09. The Morgan fingerprint density at radius 1 is 1.41 bits per heavy atom. The van der Waals surface area contributed by atoms with E-state index in [4.69, 9.17) is 0 Å². The molecule has 92 valence electrons. The molecule has 1 saturated carbocycles. The molecule has 0 bridgehead atoms. The summed E-state index contributed by atoms with van der Waals surface area (Å²) < 4.78 is 0. The lowest BCUT2D eigenvalue weighted by Gasteiger charge is -2.27. The molecule has 1 fully saturated rings. The van der Waals surface area contributed by atoms with Crippen LogP contribution in [0.4, 0.5) is 5.69 Å². The first-order valence-corrected chi connectivity index (χ1v) is 6.16. The number of hydrogen-bond donors (Lipinski definition) is 2. The predicted octanol–water partition coefficient (Wildman–Crippen LogP) is 2.91. The number of benzene rings is 1. The molecule has 1 atom stereocenters. The second kappa shape index (κ2) is 4.40. The van der Waals surface area contributed by atoms with Crippen LogP contribution in [0.2, 0.25) is 0 Å². The number of aryl methyl sites for hydroxylation is 1. The lowest BCUT2D eigenvalue weighted by Crippen LogP contribution is -2.45. The van der Waals surface area contributed by atoms with Crippen LogP contribution in [-0.4, -0.2) is 16.6 Å². The number of carboxylic acid groups (broad SMARTS) is 1. The maximum atomic E-state index is 11.4. The van der Waals surface area contributed by atoms with Crippen molar-refractivity contribution >= 4 is 11.7 Å². The van der Waals surface area contributed by atoms with Gasteiger partial charge in [-0.05, 0) is 49.8 Å². The summed E-state index contributed by atoms with van der Waals surface area (Å²) in [6.07, 6.45) is 3.00. The molecule has 3 nitrogen and oxygen atoms in total. The van der Waals surface area contributed by atoms with E-state index in [1.807, 2.05) is 24.3 Å². The van der Waals surface area contributed by atoms with Crippen LogP contribution in [0.5, 0.6) is 0 Å². The van der Waals surface area contributed by atoms with Gasteiger partial charge in [-0.25, -0.2) is 4.79 Å². The van der Waals surface area contributed by atoms with Crippen LogP contribution < -0.4 is 5.32 Å². The third-order valence-corrected chi connectivity index (χ3v) is 3.60. The number of aliphatic carboxylic acids is 1. The van der Waals surface area contributed by atoms with Gasteiger partial charge in [-0.1, -0.05) is 19.1 Å². The number of hydrogen-bond acceptors (Lipinski definition) is 2. The molecule has 0 amide bonds. The van der Waals surface area contributed by atoms with Crippen LogP contribution in [-0.2, 0) is 11.2 Å². The van der Waals surface area contributed by atoms with E-state index < -0.39 is 11.5 Å². The van der Waals surface area contributed by atoms with E-state index in [1.165, 1.54) is 5.56 Å². The maximum absolute atomic E-state index is 11.4. The van der Waals surface area contributed by atoms with Crippen LogP contribution in [0.25, 0.3) is 0 Å². The fourth-order valence-electron chi connectivity index (χ4n) is 2.11. The molecule has 0 aliphatic heterocycles. The lowest BCUT2D eigenvalue weighted by molar-refractivity contribution is -0.142. The van der Waals surface area contributed by atoms with E-state index in [9.17, 15) is 9.90 Å². The van der Waals surface area contributed by atoms with Crippen LogP contribution in [0, 0.1) is 5.92 Å². The largest absolute Gasteiger partial charge is 0.480 e. The molecule has 2 N–H and O–H groups in total. The molecular weight excluding hydrogens is 214 g/mol. The molecule has 0 aromatic heterocycles. The summed E-state index contributed by atoms with van der Waals surface area (Å²) in [5.74, 6) is -0.509. The lowest BCUT2D eigenvalue weighted by atomic mass is 9.95. The fraction of sp³-hybridized carbons (Fsp3) is 0.500. The molecule has 3 heteroatoms. The Hall–Kier alpha value is -1.51. The second-order valence-electron chi connectivity index (χ2n) is 4.96. The van der Waals surface area contributed by atoms with Crippen molar-refractivity contribution in [1.82, 2.24) is 0 Å². The van der Waals surface area contributed by atoms with Crippen LogP contribution in [0.3, 0.4) is 0 Å². The van der Waals surface area contributed by atoms with Crippen molar-refractivity contribution in [2.24, 2.45) is 5.92 Å². The molecular formula is C14H19NO2. The summed E-state index contributed by atoms with van der Waals surface area (Å²) in [6.45, 7) is 3.88. The van der Waals surface area contributed by atoms with E-state index >= 15 is 0 Å². The quantitative estimate of drug-likeness (QED) is 0.822. The summed E-state index contributed by atoms with van der Waals surface area (Å²) in [5.41, 5.74) is 1.33. The average molecular weight is 233 g/mol.